The third-order valence-electron chi connectivity index (χ3n) is 1.37. The van der Waals surface area contributed by atoms with Crippen LogP contribution in [0, 0.1) is 5.41 Å². The van der Waals surface area contributed by atoms with Crippen molar-refractivity contribution >= 4 is 11.7 Å². The number of hydrogen-bond donors (Lipinski definition) is 3. The van der Waals surface area contributed by atoms with Crippen LogP contribution in [0.4, 0.5) is 0 Å². The molecule has 50 valence electrons. The molecule has 0 aliphatic carbocycles. The summed E-state index contributed by atoms with van der Waals surface area (Å²) < 4.78 is 0. The van der Waals surface area contributed by atoms with Gasteiger partial charge in [0, 0.05) is 6.42 Å². The summed E-state index contributed by atoms with van der Waals surface area (Å²) in [6.07, 6.45) is 1.18. The number of rotatable bonds is 1. The van der Waals surface area contributed by atoms with Crippen LogP contribution in [0.5, 0.6) is 0 Å². The Balaban J connectivity index is 2.48. The van der Waals surface area contributed by atoms with E-state index in [0.717, 1.165) is 0 Å². The first-order valence-corrected chi connectivity index (χ1v) is 2.83. The van der Waals surface area contributed by atoms with Crippen LogP contribution < -0.4 is 11.1 Å². The third-order valence-corrected chi connectivity index (χ3v) is 1.37. The predicted octanol–water partition coefficient (Wildman–Crippen LogP) is -0.799. The smallest absolute Gasteiger partial charge is 0.220 e. The Bertz CT molecular complexity index is 154. The van der Waals surface area contributed by atoms with Gasteiger partial charge in [0.15, 0.2) is 0 Å². The first kappa shape index (κ1) is 6.07. The Morgan fingerprint density at radius 3 is 2.78 bits per heavy atom. The van der Waals surface area contributed by atoms with Crippen LogP contribution in [0.25, 0.3) is 0 Å². The second kappa shape index (κ2) is 2.05. The lowest BCUT2D eigenvalue weighted by atomic mass is 10.2. The molecule has 1 fully saturated rings. The molecule has 1 heterocycles. The lowest BCUT2D eigenvalue weighted by molar-refractivity contribution is -0.119. The van der Waals surface area contributed by atoms with E-state index in [1.165, 1.54) is 0 Å². The van der Waals surface area contributed by atoms with Gasteiger partial charge >= 0.3 is 0 Å². The Hall–Kier alpha value is -1.06. The van der Waals surface area contributed by atoms with Gasteiger partial charge in [-0.1, -0.05) is 0 Å². The summed E-state index contributed by atoms with van der Waals surface area (Å²) in [7, 11) is 0. The van der Waals surface area contributed by atoms with Crippen LogP contribution in [0.3, 0.4) is 0 Å². The van der Waals surface area contributed by atoms with Crippen molar-refractivity contribution < 1.29 is 4.79 Å². The summed E-state index contributed by atoms with van der Waals surface area (Å²) in [6, 6.07) is -0.197. The van der Waals surface area contributed by atoms with Gasteiger partial charge in [0.1, 0.15) is 5.84 Å². The van der Waals surface area contributed by atoms with Crippen LogP contribution in [0.1, 0.15) is 12.8 Å². The van der Waals surface area contributed by atoms with Crippen molar-refractivity contribution in [2.75, 3.05) is 0 Å². The average Bonchev–Trinajstić information content (AvgIpc) is 2.14. The van der Waals surface area contributed by atoms with Crippen molar-refractivity contribution in [2.24, 2.45) is 5.73 Å². The summed E-state index contributed by atoms with van der Waals surface area (Å²) in [5.41, 5.74) is 5.13. The van der Waals surface area contributed by atoms with Crippen LogP contribution in [0.15, 0.2) is 0 Å². The van der Waals surface area contributed by atoms with Crippen molar-refractivity contribution in [1.29, 1.82) is 5.41 Å². The maximum absolute atomic E-state index is 10.5. The number of nitrogens with one attached hydrogen (secondary N) is 2. The molecule has 0 aromatic carbocycles. The summed E-state index contributed by atoms with van der Waals surface area (Å²) in [4.78, 5) is 10.5. The molecule has 0 radical (unpaired) electrons. The monoisotopic (exact) mass is 127 g/mol. The SMILES string of the molecule is N=C(N)[C@@H]1CCC(=O)N1. The van der Waals surface area contributed by atoms with E-state index >= 15 is 0 Å². The zero-order chi connectivity index (χ0) is 6.85. The van der Waals surface area contributed by atoms with Crippen molar-refractivity contribution in [1.82, 2.24) is 5.32 Å². The van der Waals surface area contributed by atoms with Crippen LogP contribution in [-0.4, -0.2) is 17.8 Å². The molecule has 4 N–H and O–H groups in total. The number of hydrogen-bond acceptors (Lipinski definition) is 2. The third kappa shape index (κ3) is 1.19. The summed E-state index contributed by atoms with van der Waals surface area (Å²) in [5, 5.41) is 9.51. The van der Waals surface area contributed by atoms with Crippen LogP contribution in [-0.2, 0) is 4.79 Å². The lowest BCUT2D eigenvalue weighted by Crippen LogP contribution is -2.37. The van der Waals surface area contributed by atoms with E-state index in [1.54, 1.807) is 0 Å². The minimum Gasteiger partial charge on any atom is -0.386 e. The van der Waals surface area contributed by atoms with Crippen molar-refractivity contribution in [2.45, 2.75) is 18.9 Å². The molecule has 1 saturated heterocycles. The van der Waals surface area contributed by atoms with Gasteiger partial charge in [-0.2, -0.15) is 0 Å². The standard InChI is InChI=1S/C5H9N3O/c6-5(7)3-1-2-4(9)8-3/h3H,1-2H2,(H3,6,7)(H,8,9)/t3-/m0/s1. The number of nitrogens with two attached hydrogens (primary N) is 1. The number of amides is 1. The van der Waals surface area contributed by atoms with E-state index in [0.29, 0.717) is 12.8 Å². The van der Waals surface area contributed by atoms with Gasteiger partial charge in [-0.15, -0.1) is 0 Å². The Morgan fingerprint density at radius 2 is 2.56 bits per heavy atom. The van der Waals surface area contributed by atoms with Gasteiger partial charge < -0.3 is 11.1 Å². The predicted molar refractivity (Wildman–Crippen MR) is 33.1 cm³/mol. The molecule has 0 aromatic rings. The number of amidine groups is 1. The minimum absolute atomic E-state index is 0.00444. The van der Waals surface area contributed by atoms with E-state index in [-0.39, 0.29) is 17.8 Å². The van der Waals surface area contributed by atoms with Crippen molar-refractivity contribution in [3.05, 3.63) is 0 Å². The fraction of sp³-hybridized carbons (Fsp3) is 0.600. The zero-order valence-electron chi connectivity index (χ0n) is 4.98. The fourth-order valence-electron chi connectivity index (χ4n) is 0.847. The summed E-state index contributed by atoms with van der Waals surface area (Å²) in [6.45, 7) is 0. The molecule has 9 heavy (non-hydrogen) atoms. The molecule has 0 aromatic heterocycles. The molecule has 1 amide bonds. The van der Waals surface area contributed by atoms with Gasteiger partial charge in [-0.25, -0.2) is 0 Å². The van der Waals surface area contributed by atoms with E-state index in [9.17, 15) is 4.79 Å². The molecule has 1 rings (SSSR count). The van der Waals surface area contributed by atoms with E-state index < -0.39 is 0 Å². The highest BCUT2D eigenvalue weighted by Gasteiger charge is 2.22. The fourth-order valence-corrected chi connectivity index (χ4v) is 0.847. The van der Waals surface area contributed by atoms with E-state index in [2.05, 4.69) is 5.32 Å². The molecule has 1 aliphatic rings. The van der Waals surface area contributed by atoms with Gasteiger partial charge in [-0.05, 0) is 6.42 Å². The highest BCUT2D eigenvalue weighted by Crippen LogP contribution is 2.04. The van der Waals surface area contributed by atoms with E-state index in [1.807, 2.05) is 0 Å². The molecule has 0 spiro atoms. The van der Waals surface area contributed by atoms with Gasteiger partial charge in [-0.3, -0.25) is 10.2 Å². The Kier molecular flexibility index (Phi) is 1.38. The molecule has 4 heteroatoms. The van der Waals surface area contributed by atoms with Gasteiger partial charge in [0.2, 0.25) is 5.91 Å². The van der Waals surface area contributed by atoms with Crippen molar-refractivity contribution in [3.8, 4) is 0 Å². The first-order valence-electron chi connectivity index (χ1n) is 2.83. The zero-order valence-corrected chi connectivity index (χ0v) is 4.98. The summed E-state index contributed by atoms with van der Waals surface area (Å²) in [5.74, 6) is 0.0519. The Labute approximate surface area is 52.9 Å². The second-order valence-electron chi connectivity index (χ2n) is 2.11. The normalized spacial score (nSPS) is 25.8. The highest BCUT2D eigenvalue weighted by atomic mass is 16.1. The van der Waals surface area contributed by atoms with Crippen LogP contribution in [0.2, 0.25) is 0 Å². The van der Waals surface area contributed by atoms with E-state index in [4.69, 9.17) is 11.1 Å². The van der Waals surface area contributed by atoms with Crippen LogP contribution >= 0.6 is 0 Å². The average molecular weight is 127 g/mol. The molecule has 0 bridgehead atoms. The van der Waals surface area contributed by atoms with Gasteiger partial charge in [0.25, 0.3) is 0 Å². The van der Waals surface area contributed by atoms with Gasteiger partial charge in [0.05, 0.1) is 6.04 Å². The quantitative estimate of drug-likeness (QED) is 0.318. The molecule has 0 saturated carbocycles. The molecule has 4 nitrogen and oxygen atoms in total. The summed E-state index contributed by atoms with van der Waals surface area (Å²) >= 11 is 0. The minimum atomic E-state index is -0.197. The topological polar surface area (TPSA) is 79.0 Å². The van der Waals surface area contributed by atoms with Crippen molar-refractivity contribution in [3.63, 3.8) is 0 Å². The largest absolute Gasteiger partial charge is 0.386 e. The number of carbonyl (C=O) groups excluding carboxylic acids is 1. The molecular weight excluding hydrogens is 118 g/mol. The first-order chi connectivity index (χ1) is 4.20. The number of carbonyl (C=O) groups is 1. The Morgan fingerprint density at radius 1 is 1.89 bits per heavy atom. The maximum Gasteiger partial charge on any atom is 0.220 e. The molecular formula is C5H9N3O. The molecule has 1 aliphatic heterocycles. The molecule has 1 atom stereocenters. The maximum atomic E-state index is 10.5. The molecule has 0 unspecified atom stereocenters. The highest BCUT2D eigenvalue weighted by molar-refractivity contribution is 5.91. The second-order valence-corrected chi connectivity index (χ2v) is 2.11. The lowest BCUT2D eigenvalue weighted by Gasteiger charge is -2.04.